The SMILES string of the molecule is CC(C(=O)C(C)(C)C)c1ccccn1. The Morgan fingerprint density at radius 3 is 2.43 bits per heavy atom. The van der Waals surface area contributed by atoms with Crippen molar-refractivity contribution >= 4 is 5.78 Å². The molecular weight excluding hydrogens is 174 g/mol. The van der Waals surface area contributed by atoms with Gasteiger partial charge in [-0.25, -0.2) is 0 Å². The van der Waals surface area contributed by atoms with Gasteiger partial charge in [-0.15, -0.1) is 0 Å². The maximum atomic E-state index is 11.9. The number of pyridine rings is 1. The molecule has 1 heterocycles. The predicted octanol–water partition coefficient (Wildman–Crippen LogP) is 2.80. The third kappa shape index (κ3) is 2.41. The molecule has 2 nitrogen and oxygen atoms in total. The van der Waals surface area contributed by atoms with E-state index in [-0.39, 0.29) is 17.1 Å². The molecule has 14 heavy (non-hydrogen) atoms. The Bertz CT molecular complexity index is 311. The molecule has 0 saturated carbocycles. The number of hydrogen-bond donors (Lipinski definition) is 0. The molecule has 0 aliphatic heterocycles. The van der Waals surface area contributed by atoms with Crippen LogP contribution < -0.4 is 0 Å². The van der Waals surface area contributed by atoms with Crippen LogP contribution in [0.4, 0.5) is 0 Å². The van der Waals surface area contributed by atoms with E-state index in [9.17, 15) is 4.79 Å². The smallest absolute Gasteiger partial charge is 0.146 e. The Morgan fingerprint density at radius 2 is 2.00 bits per heavy atom. The topological polar surface area (TPSA) is 30.0 Å². The molecule has 0 amide bonds. The van der Waals surface area contributed by atoms with Gasteiger partial charge >= 0.3 is 0 Å². The van der Waals surface area contributed by atoms with E-state index in [4.69, 9.17) is 0 Å². The van der Waals surface area contributed by atoms with E-state index in [1.54, 1.807) is 6.20 Å². The Balaban J connectivity index is 2.87. The standard InChI is InChI=1S/C12H17NO/c1-9(11(14)12(2,3)4)10-7-5-6-8-13-10/h5-9H,1-4H3. The zero-order chi connectivity index (χ0) is 10.8. The second kappa shape index (κ2) is 3.91. The van der Waals surface area contributed by atoms with Crippen LogP contribution in [0.2, 0.25) is 0 Å². The summed E-state index contributed by atoms with van der Waals surface area (Å²) in [6.45, 7) is 7.73. The lowest BCUT2D eigenvalue weighted by atomic mass is 9.82. The Hall–Kier alpha value is -1.18. The number of aromatic nitrogens is 1. The Kier molecular flexibility index (Phi) is 3.04. The first kappa shape index (κ1) is 10.9. The summed E-state index contributed by atoms with van der Waals surface area (Å²) in [6, 6.07) is 5.67. The summed E-state index contributed by atoms with van der Waals surface area (Å²) in [5.74, 6) is 0.118. The molecule has 1 aromatic rings. The third-order valence-corrected chi connectivity index (χ3v) is 2.26. The highest BCUT2D eigenvalue weighted by Crippen LogP contribution is 2.25. The van der Waals surface area contributed by atoms with Gasteiger partial charge in [-0.1, -0.05) is 26.8 Å². The minimum absolute atomic E-state index is 0.115. The van der Waals surface area contributed by atoms with Crippen molar-refractivity contribution in [3.8, 4) is 0 Å². The molecule has 0 bridgehead atoms. The normalized spacial score (nSPS) is 13.7. The number of hydrogen-bond acceptors (Lipinski definition) is 2. The first-order valence-corrected chi connectivity index (χ1v) is 4.88. The van der Waals surface area contributed by atoms with Gasteiger partial charge in [0.1, 0.15) is 5.78 Å². The van der Waals surface area contributed by atoms with Gasteiger partial charge in [-0.3, -0.25) is 9.78 Å². The van der Waals surface area contributed by atoms with Crippen molar-refractivity contribution < 1.29 is 4.79 Å². The van der Waals surface area contributed by atoms with Crippen LogP contribution in [-0.2, 0) is 4.79 Å². The highest BCUT2D eigenvalue weighted by atomic mass is 16.1. The van der Waals surface area contributed by atoms with Crippen molar-refractivity contribution in [3.05, 3.63) is 30.1 Å². The van der Waals surface area contributed by atoms with Gasteiger partial charge in [0.2, 0.25) is 0 Å². The molecule has 1 unspecified atom stereocenters. The highest BCUT2D eigenvalue weighted by Gasteiger charge is 2.27. The molecule has 0 aliphatic carbocycles. The minimum atomic E-state index is -0.295. The maximum Gasteiger partial charge on any atom is 0.146 e. The van der Waals surface area contributed by atoms with Crippen LogP contribution in [0.1, 0.15) is 39.3 Å². The average molecular weight is 191 g/mol. The summed E-state index contributed by atoms with van der Waals surface area (Å²) in [6.07, 6.45) is 1.72. The monoisotopic (exact) mass is 191 g/mol. The lowest BCUT2D eigenvalue weighted by Crippen LogP contribution is -2.25. The second-order valence-electron chi connectivity index (χ2n) is 4.59. The first-order chi connectivity index (χ1) is 6.43. The summed E-state index contributed by atoms with van der Waals surface area (Å²) in [7, 11) is 0. The fourth-order valence-corrected chi connectivity index (χ4v) is 1.42. The molecule has 0 spiro atoms. The molecule has 0 saturated heterocycles. The van der Waals surface area contributed by atoms with Gasteiger partial charge in [0, 0.05) is 11.6 Å². The van der Waals surface area contributed by atoms with Crippen LogP contribution in [0.3, 0.4) is 0 Å². The van der Waals surface area contributed by atoms with Crippen LogP contribution in [0.25, 0.3) is 0 Å². The van der Waals surface area contributed by atoms with Crippen molar-refractivity contribution in [3.63, 3.8) is 0 Å². The largest absolute Gasteiger partial charge is 0.298 e. The number of nitrogens with zero attached hydrogens (tertiary/aromatic N) is 1. The van der Waals surface area contributed by atoms with E-state index in [1.807, 2.05) is 45.9 Å². The number of Topliss-reactive ketones (excluding diaryl/α,β-unsaturated/α-hetero) is 1. The van der Waals surface area contributed by atoms with Crippen molar-refractivity contribution in [1.29, 1.82) is 0 Å². The molecule has 1 aromatic heterocycles. The molecule has 0 radical (unpaired) electrons. The van der Waals surface area contributed by atoms with Gasteiger partial charge in [0.25, 0.3) is 0 Å². The van der Waals surface area contributed by atoms with Crippen LogP contribution in [0.15, 0.2) is 24.4 Å². The van der Waals surface area contributed by atoms with Crippen LogP contribution in [0.5, 0.6) is 0 Å². The summed E-state index contributed by atoms with van der Waals surface area (Å²) in [4.78, 5) is 16.1. The number of carbonyl (C=O) groups is 1. The van der Waals surface area contributed by atoms with Crippen molar-refractivity contribution in [2.75, 3.05) is 0 Å². The van der Waals surface area contributed by atoms with Gasteiger partial charge in [-0.2, -0.15) is 0 Å². The fraction of sp³-hybridized carbons (Fsp3) is 0.500. The van der Waals surface area contributed by atoms with Crippen molar-refractivity contribution in [1.82, 2.24) is 4.98 Å². The van der Waals surface area contributed by atoms with Gasteiger partial charge in [0.05, 0.1) is 11.6 Å². The quantitative estimate of drug-likeness (QED) is 0.719. The molecular formula is C12H17NO. The van der Waals surface area contributed by atoms with E-state index < -0.39 is 0 Å². The molecule has 1 atom stereocenters. The molecule has 76 valence electrons. The average Bonchev–Trinajstić information content (AvgIpc) is 2.15. The number of carbonyl (C=O) groups excluding carboxylic acids is 1. The first-order valence-electron chi connectivity index (χ1n) is 4.88. The van der Waals surface area contributed by atoms with Crippen molar-refractivity contribution in [2.45, 2.75) is 33.6 Å². The summed E-state index contributed by atoms with van der Waals surface area (Å²) in [5, 5.41) is 0. The van der Waals surface area contributed by atoms with E-state index in [0.29, 0.717) is 0 Å². The fourth-order valence-electron chi connectivity index (χ4n) is 1.42. The van der Waals surface area contributed by atoms with Crippen LogP contribution >= 0.6 is 0 Å². The molecule has 0 N–H and O–H groups in total. The minimum Gasteiger partial charge on any atom is -0.298 e. The molecule has 0 aromatic carbocycles. The maximum absolute atomic E-state index is 11.9. The second-order valence-corrected chi connectivity index (χ2v) is 4.59. The van der Waals surface area contributed by atoms with Crippen molar-refractivity contribution in [2.24, 2.45) is 5.41 Å². The molecule has 0 aliphatic rings. The van der Waals surface area contributed by atoms with Gasteiger partial charge < -0.3 is 0 Å². The molecule has 0 fully saturated rings. The molecule has 1 rings (SSSR count). The van der Waals surface area contributed by atoms with Gasteiger partial charge in [0.15, 0.2) is 0 Å². The summed E-state index contributed by atoms with van der Waals surface area (Å²) < 4.78 is 0. The third-order valence-electron chi connectivity index (χ3n) is 2.26. The number of ketones is 1. The van der Waals surface area contributed by atoms with E-state index in [2.05, 4.69) is 4.98 Å². The summed E-state index contributed by atoms with van der Waals surface area (Å²) >= 11 is 0. The van der Waals surface area contributed by atoms with E-state index >= 15 is 0 Å². The van der Waals surface area contributed by atoms with Gasteiger partial charge in [-0.05, 0) is 19.1 Å². The number of rotatable bonds is 2. The lowest BCUT2D eigenvalue weighted by molar-refractivity contribution is -0.127. The van der Waals surface area contributed by atoms with E-state index in [1.165, 1.54) is 0 Å². The highest BCUT2D eigenvalue weighted by molar-refractivity contribution is 5.89. The predicted molar refractivity (Wildman–Crippen MR) is 57.1 cm³/mol. The lowest BCUT2D eigenvalue weighted by Gasteiger charge is -2.21. The zero-order valence-corrected chi connectivity index (χ0v) is 9.24. The summed E-state index contributed by atoms with van der Waals surface area (Å²) in [5.41, 5.74) is 0.559. The Labute approximate surface area is 85.4 Å². The van der Waals surface area contributed by atoms with Crippen LogP contribution in [-0.4, -0.2) is 10.8 Å². The van der Waals surface area contributed by atoms with E-state index in [0.717, 1.165) is 5.69 Å². The molecule has 2 heteroatoms. The Morgan fingerprint density at radius 1 is 1.36 bits per heavy atom. The zero-order valence-electron chi connectivity index (χ0n) is 9.24. The van der Waals surface area contributed by atoms with Crippen LogP contribution in [0, 0.1) is 5.41 Å².